The van der Waals surface area contributed by atoms with Crippen molar-refractivity contribution >= 4 is 28.5 Å². The number of aryl methyl sites for hydroxylation is 2. The highest BCUT2D eigenvalue weighted by Crippen LogP contribution is 2.30. The zero-order chi connectivity index (χ0) is 23.4. The van der Waals surface area contributed by atoms with Gasteiger partial charge in [0.1, 0.15) is 0 Å². The first kappa shape index (κ1) is 22.2. The van der Waals surface area contributed by atoms with E-state index in [-0.39, 0.29) is 12.5 Å². The van der Waals surface area contributed by atoms with Gasteiger partial charge in [0.05, 0.1) is 16.8 Å². The molecule has 0 spiro atoms. The first-order valence-corrected chi connectivity index (χ1v) is 11.0. The van der Waals surface area contributed by atoms with Crippen molar-refractivity contribution in [3.63, 3.8) is 0 Å². The third-order valence-corrected chi connectivity index (χ3v) is 5.65. The lowest BCUT2D eigenvalue weighted by atomic mass is 9.97. The van der Waals surface area contributed by atoms with Crippen LogP contribution in [0.15, 0.2) is 72.8 Å². The lowest BCUT2D eigenvalue weighted by molar-refractivity contribution is -0.119. The number of nitrogens with zero attached hydrogens (tertiary/aromatic N) is 1. The summed E-state index contributed by atoms with van der Waals surface area (Å²) in [5.74, 6) is -0.932. The Morgan fingerprint density at radius 1 is 0.909 bits per heavy atom. The minimum absolute atomic E-state index is 0.371. The molecule has 0 radical (unpaired) electrons. The molecule has 0 unspecified atom stereocenters. The van der Waals surface area contributed by atoms with Gasteiger partial charge in [-0.25, -0.2) is 9.78 Å². The van der Waals surface area contributed by atoms with Crippen molar-refractivity contribution < 1.29 is 14.3 Å². The van der Waals surface area contributed by atoms with Crippen LogP contribution in [0.5, 0.6) is 0 Å². The number of fused-ring (bicyclic) bond motifs is 1. The fourth-order valence-electron chi connectivity index (χ4n) is 3.79. The zero-order valence-corrected chi connectivity index (χ0v) is 19.0. The van der Waals surface area contributed by atoms with Gasteiger partial charge in [0.15, 0.2) is 6.61 Å². The van der Waals surface area contributed by atoms with Crippen molar-refractivity contribution in [3.05, 3.63) is 95.1 Å². The van der Waals surface area contributed by atoms with E-state index in [0.717, 1.165) is 28.8 Å². The first-order chi connectivity index (χ1) is 16.0. The van der Waals surface area contributed by atoms with Crippen molar-refractivity contribution in [1.82, 2.24) is 4.98 Å². The summed E-state index contributed by atoms with van der Waals surface area (Å²) < 4.78 is 5.43. The number of hydrogen-bond donors (Lipinski definition) is 1. The Hall–Kier alpha value is -3.99. The Kier molecular flexibility index (Phi) is 6.50. The number of nitrogens with one attached hydrogen (secondary N) is 1. The lowest BCUT2D eigenvalue weighted by Gasteiger charge is -2.14. The third-order valence-electron chi connectivity index (χ3n) is 5.65. The lowest BCUT2D eigenvalue weighted by Crippen LogP contribution is -2.21. The minimum Gasteiger partial charge on any atom is -0.452 e. The number of benzene rings is 3. The van der Waals surface area contributed by atoms with Crippen molar-refractivity contribution in [2.45, 2.75) is 27.2 Å². The first-order valence-electron chi connectivity index (χ1n) is 11.0. The highest BCUT2D eigenvalue weighted by Gasteiger charge is 2.21. The fraction of sp³-hybridized carbons (Fsp3) is 0.179. The highest BCUT2D eigenvalue weighted by molar-refractivity contribution is 6.07. The maximum atomic E-state index is 13.1. The summed E-state index contributed by atoms with van der Waals surface area (Å²) in [6.07, 6.45) is 0.926. The number of pyridine rings is 1. The number of esters is 1. The van der Waals surface area contributed by atoms with Gasteiger partial charge in [0, 0.05) is 16.6 Å². The van der Waals surface area contributed by atoms with Crippen molar-refractivity contribution in [1.29, 1.82) is 0 Å². The molecule has 0 atom stereocenters. The van der Waals surface area contributed by atoms with Gasteiger partial charge in [-0.2, -0.15) is 0 Å². The molecular weight excluding hydrogens is 412 g/mol. The van der Waals surface area contributed by atoms with E-state index in [1.54, 1.807) is 0 Å². The monoisotopic (exact) mass is 438 g/mol. The number of hydrogen-bond acceptors (Lipinski definition) is 4. The maximum Gasteiger partial charge on any atom is 0.339 e. The van der Waals surface area contributed by atoms with Gasteiger partial charge >= 0.3 is 5.97 Å². The Balaban J connectivity index is 1.58. The quantitative estimate of drug-likeness (QED) is 0.382. The summed E-state index contributed by atoms with van der Waals surface area (Å²) in [5, 5.41) is 3.47. The predicted octanol–water partition coefficient (Wildman–Crippen LogP) is 5.88. The van der Waals surface area contributed by atoms with Gasteiger partial charge in [-0.1, -0.05) is 67.1 Å². The molecule has 1 aromatic heterocycles. The maximum absolute atomic E-state index is 13.1. The molecule has 0 bridgehead atoms. The van der Waals surface area contributed by atoms with E-state index < -0.39 is 5.97 Å². The highest BCUT2D eigenvalue weighted by atomic mass is 16.5. The van der Waals surface area contributed by atoms with E-state index in [0.29, 0.717) is 22.2 Å². The van der Waals surface area contributed by atoms with Crippen LogP contribution in [0.1, 0.15) is 34.0 Å². The van der Waals surface area contributed by atoms with Gasteiger partial charge in [-0.15, -0.1) is 0 Å². The Labute approximate surface area is 193 Å². The molecule has 0 fully saturated rings. The van der Waals surface area contributed by atoms with E-state index in [2.05, 4.69) is 12.2 Å². The molecule has 0 aliphatic rings. The summed E-state index contributed by atoms with van der Waals surface area (Å²) in [4.78, 5) is 30.3. The molecule has 5 heteroatoms. The van der Waals surface area contributed by atoms with E-state index in [1.807, 2.05) is 86.6 Å². The van der Waals surface area contributed by atoms with E-state index in [4.69, 9.17) is 9.72 Å². The molecule has 3 aromatic carbocycles. The van der Waals surface area contributed by atoms with Crippen LogP contribution in [0.4, 0.5) is 5.69 Å². The molecule has 0 aliphatic carbocycles. The van der Waals surface area contributed by atoms with Crippen LogP contribution in [0.25, 0.3) is 22.2 Å². The van der Waals surface area contributed by atoms with Crippen LogP contribution in [-0.2, 0) is 16.0 Å². The van der Waals surface area contributed by atoms with Crippen molar-refractivity contribution in [3.8, 4) is 11.3 Å². The molecule has 4 aromatic rings. The molecular formula is C28H26N2O3. The molecule has 0 saturated carbocycles. The number of para-hydroxylation sites is 1. The molecule has 0 saturated heterocycles. The van der Waals surface area contributed by atoms with Crippen LogP contribution in [-0.4, -0.2) is 23.5 Å². The second-order valence-corrected chi connectivity index (χ2v) is 8.02. The normalized spacial score (nSPS) is 10.8. The van der Waals surface area contributed by atoms with E-state index in [1.165, 1.54) is 5.56 Å². The van der Waals surface area contributed by atoms with Gasteiger partial charge in [-0.3, -0.25) is 4.79 Å². The number of rotatable bonds is 6. The average molecular weight is 439 g/mol. The Morgan fingerprint density at radius 3 is 2.30 bits per heavy atom. The number of aromatic nitrogens is 1. The third kappa shape index (κ3) is 4.93. The second kappa shape index (κ2) is 9.65. The molecule has 4 rings (SSSR count). The second-order valence-electron chi connectivity index (χ2n) is 8.02. The van der Waals surface area contributed by atoms with Crippen LogP contribution >= 0.6 is 0 Å². The van der Waals surface area contributed by atoms with Crippen LogP contribution in [0.3, 0.4) is 0 Å². The standard InChI is InChI=1S/C28H26N2O3/c1-4-20-11-15-22(16-12-20)29-25(31)17-33-28(32)26-19(3)27(21-13-9-18(2)10-14-21)30-24-8-6-5-7-23(24)26/h5-16H,4,17H2,1-3H3,(H,29,31). The SMILES string of the molecule is CCc1ccc(NC(=O)COC(=O)c2c(C)c(-c3ccc(C)cc3)nc3ccccc23)cc1. The Bertz CT molecular complexity index is 1310. The molecule has 1 heterocycles. The molecule has 1 amide bonds. The summed E-state index contributed by atoms with van der Waals surface area (Å²) in [7, 11) is 0. The number of carbonyl (C=O) groups is 2. The molecule has 1 N–H and O–H groups in total. The van der Waals surface area contributed by atoms with Gasteiger partial charge in [0.2, 0.25) is 0 Å². The molecule has 0 aliphatic heterocycles. The van der Waals surface area contributed by atoms with E-state index in [9.17, 15) is 9.59 Å². The molecule has 33 heavy (non-hydrogen) atoms. The average Bonchev–Trinajstić information content (AvgIpc) is 2.83. The number of amides is 1. The summed E-state index contributed by atoms with van der Waals surface area (Å²) >= 11 is 0. The van der Waals surface area contributed by atoms with Gasteiger partial charge < -0.3 is 10.1 Å². The van der Waals surface area contributed by atoms with Crippen molar-refractivity contribution in [2.24, 2.45) is 0 Å². The minimum atomic E-state index is -0.545. The van der Waals surface area contributed by atoms with Crippen LogP contribution in [0, 0.1) is 13.8 Å². The molecule has 5 nitrogen and oxygen atoms in total. The summed E-state index contributed by atoms with van der Waals surface area (Å²) in [6, 6.07) is 23.1. The molecule has 166 valence electrons. The zero-order valence-electron chi connectivity index (χ0n) is 19.0. The smallest absolute Gasteiger partial charge is 0.339 e. The topological polar surface area (TPSA) is 68.3 Å². The summed E-state index contributed by atoms with van der Waals surface area (Å²) in [5.41, 5.74) is 6.49. The predicted molar refractivity (Wildman–Crippen MR) is 131 cm³/mol. The van der Waals surface area contributed by atoms with Crippen LogP contribution in [0.2, 0.25) is 0 Å². The largest absolute Gasteiger partial charge is 0.452 e. The number of anilines is 1. The van der Waals surface area contributed by atoms with Crippen molar-refractivity contribution in [2.75, 3.05) is 11.9 Å². The summed E-state index contributed by atoms with van der Waals surface area (Å²) in [6.45, 7) is 5.59. The number of ether oxygens (including phenoxy) is 1. The van der Waals surface area contributed by atoms with Crippen LogP contribution < -0.4 is 5.32 Å². The number of carbonyl (C=O) groups excluding carboxylic acids is 2. The van der Waals surface area contributed by atoms with Gasteiger partial charge in [0.25, 0.3) is 5.91 Å². The van der Waals surface area contributed by atoms with Gasteiger partial charge in [-0.05, 0) is 49.6 Å². The Morgan fingerprint density at radius 2 is 1.61 bits per heavy atom. The fourth-order valence-corrected chi connectivity index (χ4v) is 3.79. The van der Waals surface area contributed by atoms with E-state index >= 15 is 0 Å².